The van der Waals surface area contributed by atoms with E-state index in [0.717, 1.165) is 5.57 Å². The second kappa shape index (κ2) is 9.30. The van der Waals surface area contributed by atoms with E-state index in [4.69, 9.17) is 18.9 Å². The minimum atomic E-state index is -1.71. The normalized spacial score (nSPS) is 37.4. The van der Waals surface area contributed by atoms with Gasteiger partial charge in [-0.15, -0.1) is 0 Å². The van der Waals surface area contributed by atoms with Crippen molar-refractivity contribution in [1.82, 2.24) is 0 Å². The van der Waals surface area contributed by atoms with E-state index in [2.05, 4.69) is 0 Å². The van der Waals surface area contributed by atoms with Gasteiger partial charge in [0, 0.05) is 47.2 Å². The van der Waals surface area contributed by atoms with Crippen molar-refractivity contribution in [2.75, 3.05) is 7.11 Å². The van der Waals surface area contributed by atoms with Crippen molar-refractivity contribution in [3.05, 3.63) is 34.4 Å². The lowest BCUT2D eigenvalue weighted by atomic mass is 9.50. The van der Waals surface area contributed by atoms with Crippen LogP contribution >= 0.6 is 0 Å². The summed E-state index contributed by atoms with van der Waals surface area (Å²) in [5, 5.41) is 11.7. The number of fused-ring (bicyclic) bond motifs is 2. The number of hydrogen-bond donors (Lipinski definition) is 1. The predicted octanol–water partition coefficient (Wildman–Crippen LogP) is 3.39. The van der Waals surface area contributed by atoms with Gasteiger partial charge in [0.1, 0.15) is 6.10 Å². The molecule has 1 aliphatic heterocycles. The molecule has 0 aromatic rings. The van der Waals surface area contributed by atoms with E-state index in [-0.39, 0.29) is 17.1 Å². The van der Waals surface area contributed by atoms with Crippen LogP contribution in [0, 0.1) is 17.3 Å². The zero-order chi connectivity index (χ0) is 25.6. The fourth-order valence-corrected chi connectivity index (χ4v) is 5.73. The molecule has 1 N–H and O–H groups in total. The van der Waals surface area contributed by atoms with E-state index in [0.29, 0.717) is 18.4 Å². The third kappa shape index (κ3) is 3.90. The molecular formula is C26H36O8. The van der Waals surface area contributed by atoms with Crippen LogP contribution in [0.2, 0.25) is 0 Å². The molecule has 1 heterocycles. The van der Waals surface area contributed by atoms with E-state index < -0.39 is 53.3 Å². The molecule has 34 heavy (non-hydrogen) atoms. The lowest BCUT2D eigenvalue weighted by Gasteiger charge is -2.60. The number of carbonyl (C=O) groups is 3. The van der Waals surface area contributed by atoms with Gasteiger partial charge in [0.15, 0.2) is 6.10 Å². The molecule has 0 bridgehead atoms. The quantitative estimate of drug-likeness (QED) is 0.365. The Morgan fingerprint density at radius 1 is 1.18 bits per heavy atom. The summed E-state index contributed by atoms with van der Waals surface area (Å²) in [7, 11) is 1.37. The largest absolute Gasteiger partial charge is 0.459 e. The van der Waals surface area contributed by atoms with Crippen LogP contribution in [0.3, 0.4) is 0 Å². The van der Waals surface area contributed by atoms with Gasteiger partial charge >= 0.3 is 17.9 Å². The van der Waals surface area contributed by atoms with Crippen LogP contribution in [0.5, 0.6) is 0 Å². The molecule has 188 valence electrons. The third-order valence-electron chi connectivity index (χ3n) is 8.00. The van der Waals surface area contributed by atoms with Gasteiger partial charge in [0.2, 0.25) is 0 Å². The van der Waals surface area contributed by atoms with Crippen LogP contribution in [0.4, 0.5) is 0 Å². The van der Waals surface area contributed by atoms with Crippen LogP contribution in [0.15, 0.2) is 34.4 Å². The van der Waals surface area contributed by atoms with E-state index in [1.54, 1.807) is 40.7 Å². The van der Waals surface area contributed by atoms with Crippen molar-refractivity contribution in [1.29, 1.82) is 0 Å². The highest BCUT2D eigenvalue weighted by atomic mass is 16.7. The highest BCUT2D eigenvalue weighted by Gasteiger charge is 2.71. The first-order chi connectivity index (χ1) is 15.8. The summed E-state index contributed by atoms with van der Waals surface area (Å²) in [4.78, 5) is 37.9. The lowest BCUT2D eigenvalue weighted by molar-refractivity contribution is -0.292. The number of methoxy groups -OCH3 is 1. The van der Waals surface area contributed by atoms with Crippen molar-refractivity contribution in [3.63, 3.8) is 0 Å². The molecule has 0 spiro atoms. The van der Waals surface area contributed by atoms with E-state index in [1.165, 1.54) is 13.2 Å². The monoisotopic (exact) mass is 476 g/mol. The fraction of sp³-hybridized carbons (Fsp3) is 0.654. The van der Waals surface area contributed by atoms with Crippen LogP contribution < -0.4 is 0 Å². The summed E-state index contributed by atoms with van der Waals surface area (Å²) < 4.78 is 23.2. The smallest absolute Gasteiger partial charge is 0.336 e. The van der Waals surface area contributed by atoms with Crippen LogP contribution in [-0.4, -0.2) is 54.2 Å². The van der Waals surface area contributed by atoms with Gasteiger partial charge in [0.25, 0.3) is 5.79 Å². The molecular weight excluding hydrogens is 440 g/mol. The number of rotatable bonds is 5. The molecule has 0 aromatic carbocycles. The maximum absolute atomic E-state index is 12.7. The Bertz CT molecular complexity index is 971. The average Bonchev–Trinajstić information content (AvgIpc) is 3.04. The van der Waals surface area contributed by atoms with Crippen molar-refractivity contribution < 1.29 is 38.4 Å². The highest BCUT2D eigenvalue weighted by molar-refractivity contribution is 5.93. The summed E-state index contributed by atoms with van der Waals surface area (Å²) in [6, 6.07) is 0. The second-order valence-electron chi connectivity index (χ2n) is 10.0. The number of allylic oxidation sites excluding steroid dienone is 2. The van der Waals surface area contributed by atoms with Crippen LogP contribution in [0.1, 0.15) is 61.3 Å². The third-order valence-corrected chi connectivity index (χ3v) is 8.00. The topological polar surface area (TPSA) is 108 Å². The van der Waals surface area contributed by atoms with Gasteiger partial charge in [-0.3, -0.25) is 0 Å². The summed E-state index contributed by atoms with van der Waals surface area (Å²) >= 11 is 0. The Morgan fingerprint density at radius 3 is 2.38 bits per heavy atom. The number of aliphatic hydroxyl groups is 1. The SMILES string of the molecule is CC=C(C)C(=O)OC1CCC2C(OC(=O)C=C(C)C)C3(OC)OC(=O)C(C)=C3C(O)C2(C)C1C. The van der Waals surface area contributed by atoms with Gasteiger partial charge in [-0.2, -0.15) is 0 Å². The summed E-state index contributed by atoms with van der Waals surface area (Å²) in [5.41, 5.74) is 0.860. The molecule has 2 saturated carbocycles. The lowest BCUT2D eigenvalue weighted by Crippen LogP contribution is -2.69. The molecule has 2 fully saturated rings. The van der Waals surface area contributed by atoms with E-state index >= 15 is 0 Å². The van der Waals surface area contributed by atoms with Gasteiger partial charge < -0.3 is 24.1 Å². The molecule has 7 atom stereocenters. The predicted molar refractivity (Wildman–Crippen MR) is 123 cm³/mol. The van der Waals surface area contributed by atoms with Gasteiger partial charge in [-0.05, 0) is 47.5 Å². The summed E-state index contributed by atoms with van der Waals surface area (Å²) in [5.74, 6) is -4.05. The summed E-state index contributed by atoms with van der Waals surface area (Å²) in [6.45, 7) is 12.4. The molecule has 0 radical (unpaired) electrons. The first-order valence-electron chi connectivity index (χ1n) is 11.7. The standard InChI is InChI=1S/C26H36O8/c1-9-14(4)23(29)32-18-11-10-17-22(33-19(27)12-13(2)3)26(31-8)20(15(5)24(30)34-26)21(28)25(17,7)16(18)6/h9,12,16-18,21-22,28H,10-11H2,1-8H3. The van der Waals surface area contributed by atoms with Crippen LogP contribution in [-0.2, 0) is 33.3 Å². The number of esters is 3. The highest BCUT2D eigenvalue weighted by Crippen LogP contribution is 2.61. The molecule has 0 amide bonds. The molecule has 2 aliphatic carbocycles. The molecule has 8 nitrogen and oxygen atoms in total. The molecule has 0 aromatic heterocycles. The summed E-state index contributed by atoms with van der Waals surface area (Å²) in [6.07, 6.45) is 1.45. The molecule has 0 saturated heterocycles. The number of ether oxygens (including phenoxy) is 4. The Labute approximate surface area is 201 Å². The number of carbonyl (C=O) groups excluding carboxylic acids is 3. The molecule has 7 unspecified atom stereocenters. The minimum absolute atomic E-state index is 0.230. The Morgan fingerprint density at radius 2 is 1.82 bits per heavy atom. The average molecular weight is 477 g/mol. The van der Waals surface area contributed by atoms with Crippen molar-refractivity contribution in [2.24, 2.45) is 17.3 Å². The maximum atomic E-state index is 12.7. The Balaban J connectivity index is 2.10. The molecule has 3 rings (SSSR count). The van der Waals surface area contributed by atoms with Crippen LogP contribution in [0.25, 0.3) is 0 Å². The first-order valence-corrected chi connectivity index (χ1v) is 11.7. The van der Waals surface area contributed by atoms with E-state index in [1.807, 2.05) is 13.8 Å². The first kappa shape index (κ1) is 26.2. The fourth-order valence-electron chi connectivity index (χ4n) is 5.73. The zero-order valence-corrected chi connectivity index (χ0v) is 21.3. The van der Waals surface area contributed by atoms with Crippen molar-refractivity contribution in [2.45, 2.75) is 85.4 Å². The van der Waals surface area contributed by atoms with Gasteiger partial charge in [0.05, 0.1) is 6.10 Å². The van der Waals surface area contributed by atoms with Crippen molar-refractivity contribution in [3.8, 4) is 0 Å². The Hall–Kier alpha value is -2.45. The van der Waals surface area contributed by atoms with Gasteiger partial charge in [-0.1, -0.05) is 25.5 Å². The van der Waals surface area contributed by atoms with Gasteiger partial charge in [-0.25, -0.2) is 14.4 Å². The number of aliphatic hydroxyl groups excluding tert-OH is 1. The second-order valence-corrected chi connectivity index (χ2v) is 10.0. The minimum Gasteiger partial charge on any atom is -0.459 e. The molecule has 3 aliphatic rings. The van der Waals surface area contributed by atoms with E-state index in [9.17, 15) is 19.5 Å². The zero-order valence-electron chi connectivity index (χ0n) is 21.3. The number of hydrogen-bond acceptors (Lipinski definition) is 8. The maximum Gasteiger partial charge on any atom is 0.336 e. The Kier molecular flexibility index (Phi) is 7.16. The van der Waals surface area contributed by atoms with Crippen molar-refractivity contribution >= 4 is 17.9 Å². The molecule has 8 heteroatoms.